The lowest BCUT2D eigenvalue weighted by molar-refractivity contribution is -0.0657. The van der Waals surface area contributed by atoms with E-state index in [4.69, 9.17) is 11.6 Å². The zero-order valence-corrected chi connectivity index (χ0v) is 21.4. The smallest absolute Gasteiger partial charge is 0.250 e. The van der Waals surface area contributed by atoms with E-state index >= 15 is 0 Å². The number of likely N-dealkylation sites (tertiary alicyclic amines) is 1. The van der Waals surface area contributed by atoms with E-state index in [1.165, 1.54) is 22.2 Å². The molecular formula is C24H37ClF2N4S. The lowest BCUT2D eigenvalue weighted by Crippen LogP contribution is -2.47. The molecule has 180 valence electrons. The number of halogens is 3. The van der Waals surface area contributed by atoms with Gasteiger partial charge in [-0.2, -0.15) is 0 Å². The summed E-state index contributed by atoms with van der Waals surface area (Å²) in [7, 11) is 0. The minimum absolute atomic E-state index is 0.00581. The van der Waals surface area contributed by atoms with Gasteiger partial charge in [-0.3, -0.25) is 4.90 Å². The highest BCUT2D eigenvalue weighted by molar-refractivity contribution is 7.19. The van der Waals surface area contributed by atoms with Crippen molar-refractivity contribution in [3.8, 4) is 0 Å². The summed E-state index contributed by atoms with van der Waals surface area (Å²) >= 11 is 7.94. The van der Waals surface area contributed by atoms with Crippen LogP contribution in [0.15, 0.2) is 0 Å². The highest BCUT2D eigenvalue weighted by atomic mass is 35.5. The van der Waals surface area contributed by atoms with Gasteiger partial charge in [0.15, 0.2) is 0 Å². The maximum atomic E-state index is 13.4. The zero-order chi connectivity index (χ0) is 23.3. The molecule has 2 aromatic rings. The summed E-state index contributed by atoms with van der Waals surface area (Å²) in [6.07, 6.45) is 7.62. The van der Waals surface area contributed by atoms with E-state index in [-0.39, 0.29) is 12.8 Å². The first kappa shape index (κ1) is 25.6. The Morgan fingerprint density at radius 2 is 1.66 bits per heavy atom. The summed E-state index contributed by atoms with van der Waals surface area (Å²) in [5, 5.41) is 5.12. The van der Waals surface area contributed by atoms with Gasteiger partial charge in [-0.05, 0) is 62.1 Å². The van der Waals surface area contributed by atoms with Crippen LogP contribution in [0.4, 0.5) is 14.6 Å². The maximum Gasteiger partial charge on any atom is 0.250 e. The fraction of sp³-hybridized carbons (Fsp3) is 0.750. The molecule has 2 aromatic heterocycles. The molecule has 0 radical (unpaired) electrons. The molecule has 4 nitrogen and oxygen atoms in total. The number of fused-ring (bicyclic) bond motifs is 3. The predicted octanol–water partition coefficient (Wildman–Crippen LogP) is 7.34. The molecule has 1 N–H and O–H groups in total. The molecule has 3 heterocycles. The average molecular weight is 487 g/mol. The zero-order valence-electron chi connectivity index (χ0n) is 19.8. The highest BCUT2D eigenvalue weighted by Crippen LogP contribution is 2.41. The van der Waals surface area contributed by atoms with Gasteiger partial charge >= 0.3 is 0 Å². The van der Waals surface area contributed by atoms with E-state index in [0.29, 0.717) is 30.5 Å². The molecule has 0 unspecified atom stereocenters. The van der Waals surface area contributed by atoms with Gasteiger partial charge in [0.1, 0.15) is 10.6 Å². The van der Waals surface area contributed by atoms with Crippen LogP contribution in [0.2, 0.25) is 5.28 Å². The van der Waals surface area contributed by atoms with Crippen LogP contribution >= 0.6 is 22.9 Å². The van der Waals surface area contributed by atoms with Gasteiger partial charge in [0.2, 0.25) is 5.28 Å². The van der Waals surface area contributed by atoms with Crippen molar-refractivity contribution in [1.82, 2.24) is 14.9 Å². The first-order valence-corrected chi connectivity index (χ1v) is 13.5. The first-order chi connectivity index (χ1) is 15.5. The van der Waals surface area contributed by atoms with Crippen LogP contribution in [0.3, 0.4) is 0 Å². The fourth-order valence-corrected chi connectivity index (χ4v) is 6.55. The Bertz CT molecular complexity index is 870. The van der Waals surface area contributed by atoms with Crippen LogP contribution in [0.5, 0.6) is 0 Å². The average Bonchev–Trinajstić information content (AvgIpc) is 3.38. The molecule has 32 heavy (non-hydrogen) atoms. The van der Waals surface area contributed by atoms with Gasteiger partial charge in [0, 0.05) is 42.9 Å². The van der Waals surface area contributed by atoms with Gasteiger partial charge < -0.3 is 5.32 Å². The summed E-state index contributed by atoms with van der Waals surface area (Å²) in [5.74, 6) is -1.58. The number of hydrogen-bond acceptors (Lipinski definition) is 5. The van der Waals surface area contributed by atoms with Gasteiger partial charge in [-0.1, -0.05) is 27.7 Å². The Hall–Kier alpha value is -1.05. The predicted molar refractivity (Wildman–Crippen MR) is 133 cm³/mol. The second-order valence-corrected chi connectivity index (χ2v) is 9.84. The quantitative estimate of drug-likeness (QED) is 0.461. The molecule has 0 atom stereocenters. The first-order valence-electron chi connectivity index (χ1n) is 12.3. The van der Waals surface area contributed by atoms with E-state index in [2.05, 4.69) is 20.2 Å². The van der Waals surface area contributed by atoms with Crippen molar-refractivity contribution < 1.29 is 8.78 Å². The Morgan fingerprint density at radius 3 is 2.31 bits per heavy atom. The van der Waals surface area contributed by atoms with Crippen LogP contribution in [0.25, 0.3) is 10.2 Å². The second-order valence-electron chi connectivity index (χ2n) is 8.42. The number of alkyl halides is 2. The topological polar surface area (TPSA) is 41.0 Å². The largest absolute Gasteiger partial charge is 0.367 e. The molecule has 3 aliphatic rings. The molecular weight excluding hydrogens is 450 g/mol. The lowest BCUT2D eigenvalue weighted by Gasteiger charge is -2.40. The maximum absolute atomic E-state index is 13.4. The van der Waals surface area contributed by atoms with Crippen molar-refractivity contribution in [2.45, 2.75) is 103 Å². The molecule has 2 fully saturated rings. The van der Waals surface area contributed by atoms with E-state index in [9.17, 15) is 8.78 Å². The number of piperidine rings is 1. The Labute approximate surface area is 200 Å². The van der Waals surface area contributed by atoms with Crippen molar-refractivity contribution in [3.63, 3.8) is 0 Å². The number of rotatable bonds is 3. The number of thiophene rings is 1. The van der Waals surface area contributed by atoms with E-state index in [1.54, 1.807) is 11.3 Å². The van der Waals surface area contributed by atoms with Crippen LogP contribution in [0, 0.1) is 0 Å². The normalized spacial score (nSPS) is 24.7. The summed E-state index contributed by atoms with van der Waals surface area (Å²) in [4.78, 5) is 13.7. The van der Waals surface area contributed by atoms with Gasteiger partial charge in [0.05, 0.1) is 5.39 Å². The monoisotopic (exact) mass is 486 g/mol. The number of hydrogen-bond donors (Lipinski definition) is 1. The standard InChI is InChI=1S/C20H25ClF2N4S.2C2H6/c21-19-25-17(16-14-2-1-3-15(14)28-18(16)26-19)24-12-4-6-13(7-5-12)27-10-8-20(22,23)9-11-27;2*1-2/h12-13H,1-11H2,(H,24,25,26);2*1-2H3. The SMILES string of the molecule is CC.CC.FC1(F)CCN(C2CCC(Nc3nc(Cl)nc4sc5c(c34)CCC5)CC2)CC1. The summed E-state index contributed by atoms with van der Waals surface area (Å²) < 4.78 is 26.8. The molecule has 1 saturated carbocycles. The molecule has 8 heteroatoms. The summed E-state index contributed by atoms with van der Waals surface area (Å²) in [5.41, 5.74) is 1.40. The van der Waals surface area contributed by atoms with Crippen molar-refractivity contribution >= 4 is 39.0 Å². The van der Waals surface area contributed by atoms with E-state index in [1.807, 2.05) is 27.7 Å². The van der Waals surface area contributed by atoms with Crippen molar-refractivity contribution in [1.29, 1.82) is 0 Å². The molecule has 2 aliphatic carbocycles. The van der Waals surface area contributed by atoms with Crippen LogP contribution in [-0.4, -0.2) is 46.0 Å². The van der Waals surface area contributed by atoms with Crippen molar-refractivity contribution in [3.05, 3.63) is 15.7 Å². The third-order valence-corrected chi connectivity index (χ3v) is 7.98. The van der Waals surface area contributed by atoms with Crippen LogP contribution in [0.1, 0.15) is 83.1 Å². The minimum atomic E-state index is -2.46. The number of nitrogens with one attached hydrogen (secondary N) is 1. The fourth-order valence-electron chi connectivity index (χ4n) is 5.07. The third kappa shape index (κ3) is 5.71. The molecule has 0 bridgehead atoms. The number of aryl methyl sites for hydroxylation is 2. The Morgan fingerprint density at radius 1 is 1.00 bits per heavy atom. The second kappa shape index (κ2) is 11.4. The number of anilines is 1. The van der Waals surface area contributed by atoms with E-state index in [0.717, 1.165) is 49.2 Å². The lowest BCUT2D eigenvalue weighted by atomic mass is 9.88. The van der Waals surface area contributed by atoms with Gasteiger partial charge in [-0.25, -0.2) is 18.7 Å². The molecule has 1 aliphatic heterocycles. The van der Waals surface area contributed by atoms with E-state index < -0.39 is 5.92 Å². The Balaban J connectivity index is 0.000000686. The van der Waals surface area contributed by atoms with Gasteiger partial charge in [0.25, 0.3) is 5.92 Å². The molecule has 0 spiro atoms. The van der Waals surface area contributed by atoms with Crippen molar-refractivity contribution in [2.24, 2.45) is 0 Å². The summed E-state index contributed by atoms with van der Waals surface area (Å²) in [6, 6.07) is 0.794. The number of aromatic nitrogens is 2. The number of nitrogens with zero attached hydrogens (tertiary/aromatic N) is 3. The van der Waals surface area contributed by atoms with Crippen LogP contribution < -0.4 is 5.32 Å². The van der Waals surface area contributed by atoms with Crippen LogP contribution in [-0.2, 0) is 12.8 Å². The summed E-state index contributed by atoms with van der Waals surface area (Å²) in [6.45, 7) is 9.05. The third-order valence-electron chi connectivity index (χ3n) is 6.62. The molecule has 0 aromatic carbocycles. The molecule has 5 rings (SSSR count). The Kier molecular flexibility index (Phi) is 9.10. The van der Waals surface area contributed by atoms with Gasteiger partial charge in [-0.15, -0.1) is 11.3 Å². The minimum Gasteiger partial charge on any atom is -0.367 e. The highest BCUT2D eigenvalue weighted by Gasteiger charge is 2.37. The van der Waals surface area contributed by atoms with Crippen molar-refractivity contribution in [2.75, 3.05) is 18.4 Å². The molecule has 1 saturated heterocycles. The molecule has 0 amide bonds.